The first-order valence-corrected chi connectivity index (χ1v) is 4.95. The van der Waals surface area contributed by atoms with Crippen molar-refractivity contribution in [2.24, 2.45) is 5.92 Å². The average Bonchev–Trinajstić information content (AvgIpc) is 2.09. The zero-order chi connectivity index (χ0) is 14.0. The van der Waals surface area contributed by atoms with Gasteiger partial charge in [-0.25, -0.2) is 5.43 Å². The molecule has 0 heterocycles. The molecule has 0 aliphatic carbocycles. The Morgan fingerprint density at radius 1 is 1.24 bits per heavy atom. The average molecular weight is 250 g/mol. The van der Waals surface area contributed by atoms with Crippen molar-refractivity contribution in [1.29, 1.82) is 0 Å². The first kappa shape index (κ1) is 18.2. The molecule has 9 heteroatoms. The van der Waals surface area contributed by atoms with E-state index >= 15 is 0 Å². The van der Waals surface area contributed by atoms with E-state index in [0.717, 1.165) is 0 Å². The molecule has 8 nitrogen and oxygen atoms in total. The van der Waals surface area contributed by atoms with E-state index in [1.54, 1.807) is 0 Å². The van der Waals surface area contributed by atoms with Gasteiger partial charge in [-0.3, -0.25) is 15.0 Å². The van der Waals surface area contributed by atoms with Gasteiger partial charge in [0.1, 0.15) is 6.04 Å². The number of carboxylic acids is 1. The van der Waals surface area contributed by atoms with Gasteiger partial charge in [0.05, 0.1) is 0 Å². The summed E-state index contributed by atoms with van der Waals surface area (Å²) < 4.78 is 0. The third kappa shape index (κ3) is 17.5. The van der Waals surface area contributed by atoms with E-state index < -0.39 is 19.3 Å². The van der Waals surface area contributed by atoms with E-state index in [0.29, 0.717) is 6.42 Å². The molecule has 0 saturated heterocycles. The Balaban J connectivity index is 0. The summed E-state index contributed by atoms with van der Waals surface area (Å²) >= 11 is 0. The van der Waals surface area contributed by atoms with Gasteiger partial charge in [-0.15, -0.1) is 0 Å². The van der Waals surface area contributed by atoms with Gasteiger partial charge in [0, 0.05) is 6.92 Å². The van der Waals surface area contributed by atoms with Crippen LogP contribution in [0, 0.1) is 5.92 Å². The van der Waals surface area contributed by atoms with Crippen molar-refractivity contribution in [3.63, 3.8) is 0 Å². The summed E-state index contributed by atoms with van der Waals surface area (Å²) in [5, 5.41) is 30.2. The minimum Gasteiger partial charge on any atom is -0.480 e. The number of rotatable bonds is 5. The third-order valence-corrected chi connectivity index (χ3v) is 1.43. The highest BCUT2D eigenvalue weighted by Crippen LogP contribution is 2.03. The fourth-order valence-corrected chi connectivity index (χ4v) is 0.882. The molecule has 100 valence electrons. The van der Waals surface area contributed by atoms with Gasteiger partial charge in [0.15, 0.2) is 0 Å². The molecule has 1 atom stereocenters. The Bertz CT molecular complexity index is 233. The van der Waals surface area contributed by atoms with E-state index in [9.17, 15) is 9.59 Å². The number of amides is 1. The predicted octanol–water partition coefficient (Wildman–Crippen LogP) is -1.93. The summed E-state index contributed by atoms with van der Waals surface area (Å²) in [5.41, 5.74) is 4.71. The van der Waals surface area contributed by atoms with Crippen LogP contribution in [0.2, 0.25) is 0 Å². The van der Waals surface area contributed by atoms with Crippen molar-refractivity contribution < 1.29 is 29.8 Å². The van der Waals surface area contributed by atoms with Crippen LogP contribution in [0.3, 0.4) is 0 Å². The van der Waals surface area contributed by atoms with E-state index in [1.165, 1.54) is 6.92 Å². The van der Waals surface area contributed by atoms with Gasteiger partial charge < -0.3 is 20.2 Å². The quantitative estimate of drug-likeness (QED) is 0.247. The van der Waals surface area contributed by atoms with Gasteiger partial charge in [-0.2, -0.15) is 0 Å². The van der Waals surface area contributed by atoms with Gasteiger partial charge in [-0.1, -0.05) is 13.8 Å². The topological polar surface area (TPSA) is 139 Å². The van der Waals surface area contributed by atoms with Crippen molar-refractivity contribution in [2.45, 2.75) is 33.2 Å². The molecule has 6 N–H and O–H groups in total. The van der Waals surface area contributed by atoms with Crippen molar-refractivity contribution in [3.8, 4) is 0 Å². The number of nitrogens with one attached hydrogen (secondary N) is 2. The SMILES string of the molecule is CC(=O)NN[C@H](CC(C)C)C(=O)O.OB(O)O. The van der Waals surface area contributed by atoms with Gasteiger partial charge in [0.25, 0.3) is 0 Å². The highest BCUT2D eigenvalue weighted by atomic mass is 16.5. The lowest BCUT2D eigenvalue weighted by molar-refractivity contribution is -0.140. The number of carboxylic acid groups (broad SMARTS) is 1. The van der Waals surface area contributed by atoms with Crippen LogP contribution in [-0.4, -0.2) is 45.4 Å². The molecule has 0 aliphatic rings. The maximum Gasteiger partial charge on any atom is 0.631 e. The van der Waals surface area contributed by atoms with Crippen LogP contribution in [0.5, 0.6) is 0 Å². The van der Waals surface area contributed by atoms with E-state index in [-0.39, 0.29) is 11.8 Å². The molecular formula is C8H19BN2O6. The molecule has 1 amide bonds. The smallest absolute Gasteiger partial charge is 0.480 e. The summed E-state index contributed by atoms with van der Waals surface area (Å²) in [5.74, 6) is -0.986. The van der Waals surface area contributed by atoms with E-state index in [4.69, 9.17) is 20.2 Å². The molecule has 0 radical (unpaired) electrons. The number of hydrazine groups is 1. The number of hydrogen-bond acceptors (Lipinski definition) is 6. The Morgan fingerprint density at radius 2 is 1.65 bits per heavy atom. The molecule has 0 aromatic heterocycles. The molecule has 0 aromatic rings. The van der Waals surface area contributed by atoms with Crippen LogP contribution >= 0.6 is 0 Å². The van der Waals surface area contributed by atoms with Crippen LogP contribution in [0.4, 0.5) is 0 Å². The minimum absolute atomic E-state index is 0.266. The van der Waals surface area contributed by atoms with Crippen molar-refractivity contribution in [2.75, 3.05) is 0 Å². The molecule has 0 rings (SSSR count). The van der Waals surface area contributed by atoms with Crippen LogP contribution < -0.4 is 10.9 Å². The lowest BCUT2D eigenvalue weighted by Crippen LogP contribution is -2.47. The Labute approximate surface area is 99.8 Å². The summed E-state index contributed by atoms with van der Waals surface area (Å²) in [7, 11) is -2.17. The molecule has 17 heavy (non-hydrogen) atoms. The standard InChI is InChI=1S/C8H16N2O3.BH3O3/c1-5(2)4-7(8(12)13)10-9-6(3)11;2-1(3)4/h5,7,10H,4H2,1-3H3,(H,9,11)(H,12,13);2-4H/t7-;/m1./s1. The Hall–Kier alpha value is -1.16. The fourth-order valence-electron chi connectivity index (χ4n) is 0.882. The molecule has 0 aromatic carbocycles. The van der Waals surface area contributed by atoms with Gasteiger partial charge >= 0.3 is 13.3 Å². The second-order valence-electron chi connectivity index (χ2n) is 3.69. The van der Waals surface area contributed by atoms with Gasteiger partial charge in [-0.05, 0) is 12.3 Å². The second kappa shape index (κ2) is 10.0. The largest absolute Gasteiger partial charge is 0.631 e. The monoisotopic (exact) mass is 250 g/mol. The van der Waals surface area contributed by atoms with Crippen molar-refractivity contribution in [1.82, 2.24) is 10.9 Å². The number of aliphatic carboxylic acids is 1. The van der Waals surface area contributed by atoms with Crippen LogP contribution in [-0.2, 0) is 9.59 Å². The summed E-state index contributed by atoms with van der Waals surface area (Å²) in [4.78, 5) is 21.1. The molecule has 0 unspecified atom stereocenters. The molecule has 0 fully saturated rings. The van der Waals surface area contributed by atoms with Crippen molar-refractivity contribution >= 4 is 19.2 Å². The van der Waals surface area contributed by atoms with Crippen molar-refractivity contribution in [3.05, 3.63) is 0 Å². The molecule has 0 saturated carbocycles. The predicted molar refractivity (Wildman–Crippen MR) is 60.2 cm³/mol. The highest BCUT2D eigenvalue weighted by molar-refractivity contribution is 6.30. The summed E-state index contributed by atoms with van der Waals surface area (Å²) in [6.07, 6.45) is 0.482. The first-order valence-electron chi connectivity index (χ1n) is 4.95. The lowest BCUT2D eigenvalue weighted by atomic mass is 10.0. The first-order chi connectivity index (χ1) is 7.66. The van der Waals surface area contributed by atoms with E-state index in [1.807, 2.05) is 13.8 Å². The van der Waals surface area contributed by atoms with Crippen LogP contribution in [0.1, 0.15) is 27.2 Å². The maximum atomic E-state index is 10.6. The third-order valence-electron chi connectivity index (χ3n) is 1.43. The fraction of sp³-hybridized carbons (Fsp3) is 0.750. The summed E-state index contributed by atoms with van der Waals surface area (Å²) in [6.45, 7) is 5.16. The van der Waals surface area contributed by atoms with E-state index in [2.05, 4.69) is 10.9 Å². The normalized spacial score (nSPS) is 11.2. The Kier molecular flexibility index (Phi) is 10.7. The highest BCUT2D eigenvalue weighted by Gasteiger charge is 2.18. The Morgan fingerprint density at radius 3 is 1.88 bits per heavy atom. The zero-order valence-corrected chi connectivity index (χ0v) is 10.0. The number of carbonyl (C=O) groups excluding carboxylic acids is 1. The van der Waals surface area contributed by atoms with Gasteiger partial charge in [0.2, 0.25) is 5.91 Å². The van der Waals surface area contributed by atoms with Crippen LogP contribution in [0.25, 0.3) is 0 Å². The molecule has 0 bridgehead atoms. The molecule has 0 aliphatic heterocycles. The second-order valence-corrected chi connectivity index (χ2v) is 3.69. The maximum absolute atomic E-state index is 10.6. The lowest BCUT2D eigenvalue weighted by Gasteiger charge is -2.16. The molecular weight excluding hydrogens is 231 g/mol. The van der Waals surface area contributed by atoms with Crippen LogP contribution in [0.15, 0.2) is 0 Å². The minimum atomic E-state index is -2.17. The molecule has 0 spiro atoms. The number of carbonyl (C=O) groups is 2. The number of hydrogen-bond donors (Lipinski definition) is 6. The summed E-state index contributed by atoms with van der Waals surface area (Å²) in [6, 6.07) is -0.719. The zero-order valence-electron chi connectivity index (χ0n) is 10.0.